The Labute approximate surface area is 96.0 Å². The summed E-state index contributed by atoms with van der Waals surface area (Å²) >= 11 is 3.40. The molecule has 2 rings (SSSR count). The number of ketones is 1. The molecular formula is C12H9BrO2. The Bertz CT molecular complexity index is 486. The molecule has 0 N–H and O–H groups in total. The summed E-state index contributed by atoms with van der Waals surface area (Å²) in [6.45, 7) is 1.91. The van der Waals surface area contributed by atoms with E-state index in [0.29, 0.717) is 11.1 Å². The number of hydrogen-bond acceptors (Lipinski definition) is 2. The zero-order chi connectivity index (χ0) is 10.8. The highest BCUT2D eigenvalue weighted by atomic mass is 79.9. The number of carbonyl (C=O) groups excluding carboxylic acids is 1. The molecule has 1 aromatic carbocycles. The van der Waals surface area contributed by atoms with Gasteiger partial charge in [0.25, 0.3) is 0 Å². The van der Waals surface area contributed by atoms with Crippen LogP contribution >= 0.6 is 15.9 Å². The maximum atomic E-state index is 12.0. The van der Waals surface area contributed by atoms with Crippen LogP contribution in [0.3, 0.4) is 0 Å². The lowest BCUT2D eigenvalue weighted by Gasteiger charge is -2.04. The van der Waals surface area contributed by atoms with Crippen LogP contribution in [0.25, 0.3) is 0 Å². The highest BCUT2D eigenvalue weighted by Gasteiger charge is 2.13. The van der Waals surface area contributed by atoms with Gasteiger partial charge in [0.2, 0.25) is 0 Å². The molecule has 1 heterocycles. The van der Waals surface area contributed by atoms with Gasteiger partial charge < -0.3 is 4.42 Å². The number of halogens is 1. The Morgan fingerprint density at radius 2 is 2.13 bits per heavy atom. The van der Waals surface area contributed by atoms with Crippen molar-refractivity contribution in [1.82, 2.24) is 0 Å². The van der Waals surface area contributed by atoms with Crippen molar-refractivity contribution in [3.05, 3.63) is 58.0 Å². The minimum Gasteiger partial charge on any atom is -0.472 e. The first-order valence-electron chi connectivity index (χ1n) is 4.52. The predicted octanol–water partition coefficient (Wildman–Crippen LogP) is 3.58. The average Bonchev–Trinajstić information content (AvgIpc) is 2.74. The third-order valence-electron chi connectivity index (χ3n) is 2.30. The van der Waals surface area contributed by atoms with E-state index in [0.717, 1.165) is 10.0 Å². The van der Waals surface area contributed by atoms with Crippen LogP contribution in [0.4, 0.5) is 0 Å². The molecule has 0 aliphatic carbocycles. The van der Waals surface area contributed by atoms with Gasteiger partial charge in [-0.15, -0.1) is 0 Å². The van der Waals surface area contributed by atoms with Crippen molar-refractivity contribution in [1.29, 1.82) is 0 Å². The monoisotopic (exact) mass is 264 g/mol. The molecule has 0 fully saturated rings. The van der Waals surface area contributed by atoms with Crippen LogP contribution in [0.1, 0.15) is 21.5 Å². The smallest absolute Gasteiger partial charge is 0.196 e. The lowest BCUT2D eigenvalue weighted by Crippen LogP contribution is -2.02. The molecule has 1 aromatic heterocycles. The van der Waals surface area contributed by atoms with Gasteiger partial charge in [0.05, 0.1) is 11.8 Å². The van der Waals surface area contributed by atoms with E-state index in [1.807, 2.05) is 25.1 Å². The number of furan rings is 1. The molecule has 0 saturated carbocycles. The summed E-state index contributed by atoms with van der Waals surface area (Å²) in [6.07, 6.45) is 2.96. The first-order valence-corrected chi connectivity index (χ1v) is 5.31. The van der Waals surface area contributed by atoms with E-state index >= 15 is 0 Å². The molecular weight excluding hydrogens is 256 g/mol. The molecule has 0 amide bonds. The van der Waals surface area contributed by atoms with E-state index in [2.05, 4.69) is 15.9 Å². The van der Waals surface area contributed by atoms with Gasteiger partial charge in [-0.05, 0) is 24.6 Å². The molecule has 0 aliphatic heterocycles. The van der Waals surface area contributed by atoms with Crippen molar-refractivity contribution in [3.8, 4) is 0 Å². The van der Waals surface area contributed by atoms with Gasteiger partial charge in [0.15, 0.2) is 5.78 Å². The zero-order valence-corrected chi connectivity index (χ0v) is 9.74. The average molecular weight is 265 g/mol. The number of rotatable bonds is 2. The number of carbonyl (C=O) groups is 1. The van der Waals surface area contributed by atoms with Gasteiger partial charge in [-0.1, -0.05) is 28.1 Å². The Kier molecular flexibility index (Phi) is 2.73. The Morgan fingerprint density at radius 3 is 2.80 bits per heavy atom. The van der Waals surface area contributed by atoms with Crippen LogP contribution in [-0.2, 0) is 0 Å². The highest BCUT2D eigenvalue weighted by molar-refractivity contribution is 9.10. The van der Waals surface area contributed by atoms with Gasteiger partial charge in [0.1, 0.15) is 6.26 Å². The summed E-state index contributed by atoms with van der Waals surface area (Å²) in [5.41, 5.74) is 2.23. The van der Waals surface area contributed by atoms with E-state index < -0.39 is 0 Å². The van der Waals surface area contributed by atoms with E-state index in [1.165, 1.54) is 12.5 Å². The standard InChI is InChI=1S/C12H9BrO2/c1-8-10(3-2-4-11(8)13)12(14)9-5-6-15-7-9/h2-7H,1H3. The van der Waals surface area contributed by atoms with E-state index in [9.17, 15) is 4.79 Å². The fraction of sp³-hybridized carbons (Fsp3) is 0.0833. The van der Waals surface area contributed by atoms with Crippen LogP contribution < -0.4 is 0 Å². The fourth-order valence-corrected chi connectivity index (χ4v) is 1.77. The van der Waals surface area contributed by atoms with Gasteiger partial charge in [-0.25, -0.2) is 0 Å². The zero-order valence-electron chi connectivity index (χ0n) is 8.16. The molecule has 0 spiro atoms. The number of benzene rings is 1. The molecule has 2 nitrogen and oxygen atoms in total. The Morgan fingerprint density at radius 1 is 1.33 bits per heavy atom. The van der Waals surface area contributed by atoms with Gasteiger partial charge in [-0.3, -0.25) is 4.79 Å². The maximum Gasteiger partial charge on any atom is 0.196 e. The third kappa shape index (κ3) is 1.88. The Hall–Kier alpha value is -1.35. The van der Waals surface area contributed by atoms with Crippen LogP contribution in [0.15, 0.2) is 45.7 Å². The second-order valence-electron chi connectivity index (χ2n) is 3.25. The van der Waals surface area contributed by atoms with Crippen LogP contribution in [-0.4, -0.2) is 5.78 Å². The van der Waals surface area contributed by atoms with Crippen molar-refractivity contribution in [2.75, 3.05) is 0 Å². The van der Waals surface area contributed by atoms with Gasteiger partial charge >= 0.3 is 0 Å². The largest absolute Gasteiger partial charge is 0.472 e. The van der Waals surface area contributed by atoms with Gasteiger partial charge in [-0.2, -0.15) is 0 Å². The molecule has 2 aromatic rings. The molecule has 76 valence electrons. The highest BCUT2D eigenvalue weighted by Crippen LogP contribution is 2.21. The lowest BCUT2D eigenvalue weighted by atomic mass is 10.0. The summed E-state index contributed by atoms with van der Waals surface area (Å²) in [5.74, 6) is -0.0115. The first kappa shape index (κ1) is 10.2. The minimum absolute atomic E-state index is 0.0115. The lowest BCUT2D eigenvalue weighted by molar-refractivity contribution is 0.103. The van der Waals surface area contributed by atoms with Crippen molar-refractivity contribution < 1.29 is 9.21 Å². The van der Waals surface area contributed by atoms with Crippen LogP contribution in [0, 0.1) is 6.92 Å². The molecule has 0 radical (unpaired) electrons. The third-order valence-corrected chi connectivity index (χ3v) is 3.15. The van der Waals surface area contributed by atoms with E-state index in [4.69, 9.17) is 4.42 Å². The SMILES string of the molecule is Cc1c(Br)cccc1C(=O)c1ccoc1. The minimum atomic E-state index is -0.0115. The van der Waals surface area contributed by atoms with Gasteiger partial charge in [0, 0.05) is 10.0 Å². The van der Waals surface area contributed by atoms with Crippen molar-refractivity contribution in [3.63, 3.8) is 0 Å². The van der Waals surface area contributed by atoms with Crippen molar-refractivity contribution in [2.45, 2.75) is 6.92 Å². The summed E-state index contributed by atoms with van der Waals surface area (Å²) in [4.78, 5) is 12.0. The van der Waals surface area contributed by atoms with Crippen molar-refractivity contribution >= 4 is 21.7 Å². The predicted molar refractivity (Wildman–Crippen MR) is 61.0 cm³/mol. The van der Waals surface area contributed by atoms with Crippen LogP contribution in [0.5, 0.6) is 0 Å². The Balaban J connectivity index is 2.47. The normalized spacial score (nSPS) is 10.3. The molecule has 3 heteroatoms. The second-order valence-corrected chi connectivity index (χ2v) is 4.11. The summed E-state index contributed by atoms with van der Waals surface area (Å²) in [6, 6.07) is 7.25. The quantitative estimate of drug-likeness (QED) is 0.777. The molecule has 0 atom stereocenters. The molecule has 0 bridgehead atoms. The maximum absolute atomic E-state index is 12.0. The van der Waals surface area contributed by atoms with Crippen molar-refractivity contribution in [2.24, 2.45) is 0 Å². The fourth-order valence-electron chi connectivity index (χ4n) is 1.40. The summed E-state index contributed by atoms with van der Waals surface area (Å²) in [7, 11) is 0. The van der Waals surface area contributed by atoms with Crippen LogP contribution in [0.2, 0.25) is 0 Å². The first-order chi connectivity index (χ1) is 7.20. The summed E-state index contributed by atoms with van der Waals surface area (Å²) in [5, 5.41) is 0. The number of hydrogen-bond donors (Lipinski definition) is 0. The molecule has 0 unspecified atom stereocenters. The molecule has 0 saturated heterocycles. The second kappa shape index (κ2) is 4.03. The van der Waals surface area contributed by atoms with E-state index in [1.54, 1.807) is 6.07 Å². The summed E-state index contributed by atoms with van der Waals surface area (Å²) < 4.78 is 5.84. The van der Waals surface area contributed by atoms with E-state index in [-0.39, 0.29) is 5.78 Å². The molecule has 0 aliphatic rings. The topological polar surface area (TPSA) is 30.2 Å². The molecule has 15 heavy (non-hydrogen) atoms.